The highest BCUT2D eigenvalue weighted by Gasteiger charge is 2.22. The molecule has 0 bridgehead atoms. The summed E-state index contributed by atoms with van der Waals surface area (Å²) in [5, 5.41) is 4.56. The van der Waals surface area contributed by atoms with Gasteiger partial charge in [-0.1, -0.05) is 18.2 Å². The molecular formula is C21H28N4O5S. The van der Waals surface area contributed by atoms with Crippen molar-refractivity contribution in [3.8, 4) is 5.69 Å². The van der Waals surface area contributed by atoms with Gasteiger partial charge in [0.2, 0.25) is 11.8 Å². The molecule has 10 heteroatoms. The van der Waals surface area contributed by atoms with Crippen molar-refractivity contribution in [1.82, 2.24) is 14.7 Å². The summed E-state index contributed by atoms with van der Waals surface area (Å²) in [7, 11) is 1.74. The van der Waals surface area contributed by atoms with Crippen molar-refractivity contribution in [3.63, 3.8) is 0 Å². The fourth-order valence-electron chi connectivity index (χ4n) is 2.74. The molecule has 2 rings (SSSR count). The van der Waals surface area contributed by atoms with E-state index in [2.05, 4.69) is 10.6 Å². The summed E-state index contributed by atoms with van der Waals surface area (Å²) in [6.07, 6.45) is -0.254. The van der Waals surface area contributed by atoms with Crippen LogP contribution in [-0.2, 0) is 26.2 Å². The van der Waals surface area contributed by atoms with Crippen LogP contribution in [0.5, 0.6) is 0 Å². The Kier molecular flexibility index (Phi) is 8.49. The first kappa shape index (κ1) is 24.3. The van der Waals surface area contributed by atoms with Crippen LogP contribution in [0.15, 0.2) is 35.1 Å². The van der Waals surface area contributed by atoms with Gasteiger partial charge in [0.05, 0.1) is 28.5 Å². The number of para-hydroxylation sites is 1. The highest BCUT2D eigenvalue weighted by Crippen LogP contribution is 2.17. The third kappa shape index (κ3) is 6.48. The van der Waals surface area contributed by atoms with Crippen molar-refractivity contribution in [1.29, 1.82) is 0 Å². The van der Waals surface area contributed by atoms with Crippen LogP contribution in [0.25, 0.3) is 5.69 Å². The first-order valence-electron chi connectivity index (χ1n) is 9.84. The zero-order valence-electron chi connectivity index (χ0n) is 18.3. The van der Waals surface area contributed by atoms with Crippen LogP contribution in [0.2, 0.25) is 0 Å². The summed E-state index contributed by atoms with van der Waals surface area (Å²) in [6, 6.07) is 9.12. The number of benzene rings is 1. The number of anilines is 1. The molecule has 31 heavy (non-hydrogen) atoms. The lowest BCUT2D eigenvalue weighted by Crippen LogP contribution is -2.34. The number of aromatic nitrogens is 2. The molecule has 0 fully saturated rings. The maximum Gasteiger partial charge on any atom is 0.325 e. The number of hydrogen-bond donors (Lipinski definition) is 2. The second-order valence-electron chi connectivity index (χ2n) is 7.19. The zero-order valence-corrected chi connectivity index (χ0v) is 19.1. The van der Waals surface area contributed by atoms with Gasteiger partial charge in [0.15, 0.2) is 0 Å². The highest BCUT2D eigenvalue weighted by atomic mass is 32.2. The van der Waals surface area contributed by atoms with E-state index in [0.29, 0.717) is 11.4 Å². The smallest absolute Gasteiger partial charge is 0.325 e. The second-order valence-corrected chi connectivity index (χ2v) is 8.52. The van der Waals surface area contributed by atoms with Gasteiger partial charge in [-0.15, -0.1) is 11.8 Å². The SMILES string of the molecule is Cc1c(NC(=O)C(C)SCC(=O)NCC(=O)OC(C)C)c(=O)n(-c2ccccc2)n1C. The Balaban J connectivity index is 1.95. The number of ether oxygens (including phenoxy) is 1. The molecule has 0 aliphatic carbocycles. The van der Waals surface area contributed by atoms with E-state index in [1.165, 1.54) is 4.68 Å². The quantitative estimate of drug-likeness (QED) is 0.564. The molecule has 0 aliphatic heterocycles. The van der Waals surface area contributed by atoms with Gasteiger partial charge in [-0.25, -0.2) is 4.68 Å². The summed E-state index contributed by atoms with van der Waals surface area (Å²) in [6.45, 7) is 6.62. The molecule has 1 heterocycles. The Morgan fingerprint density at radius 3 is 2.39 bits per heavy atom. The molecule has 0 saturated carbocycles. The van der Waals surface area contributed by atoms with E-state index in [4.69, 9.17) is 4.74 Å². The monoisotopic (exact) mass is 448 g/mol. The van der Waals surface area contributed by atoms with E-state index >= 15 is 0 Å². The number of thioether (sulfide) groups is 1. The van der Waals surface area contributed by atoms with E-state index in [1.54, 1.807) is 51.6 Å². The average Bonchev–Trinajstić information content (AvgIpc) is 2.93. The van der Waals surface area contributed by atoms with Crippen LogP contribution < -0.4 is 16.2 Å². The summed E-state index contributed by atoms with van der Waals surface area (Å²) in [5.74, 6) is -1.30. The lowest BCUT2D eigenvalue weighted by atomic mass is 10.3. The van der Waals surface area contributed by atoms with Crippen molar-refractivity contribution in [2.24, 2.45) is 7.05 Å². The second kappa shape index (κ2) is 10.9. The molecule has 1 atom stereocenters. The third-order valence-electron chi connectivity index (χ3n) is 4.43. The standard InChI is InChI=1S/C21H28N4O5S/c1-13(2)30-18(27)11-22-17(26)12-31-15(4)20(28)23-19-14(3)24(5)25(21(19)29)16-9-7-6-8-10-16/h6-10,13,15H,11-12H2,1-5H3,(H,22,26)(H,23,28). The first-order chi connectivity index (χ1) is 14.6. The predicted octanol–water partition coefficient (Wildman–Crippen LogP) is 1.61. The molecular weight excluding hydrogens is 420 g/mol. The molecule has 2 aromatic rings. The lowest BCUT2D eigenvalue weighted by molar-refractivity contribution is -0.147. The van der Waals surface area contributed by atoms with Crippen molar-refractivity contribution in [3.05, 3.63) is 46.4 Å². The van der Waals surface area contributed by atoms with Crippen molar-refractivity contribution >= 4 is 35.2 Å². The molecule has 9 nitrogen and oxygen atoms in total. The molecule has 1 unspecified atom stereocenters. The predicted molar refractivity (Wildman–Crippen MR) is 121 cm³/mol. The summed E-state index contributed by atoms with van der Waals surface area (Å²) < 4.78 is 8.09. The largest absolute Gasteiger partial charge is 0.462 e. The van der Waals surface area contributed by atoms with Gasteiger partial charge in [-0.2, -0.15) is 0 Å². The van der Waals surface area contributed by atoms with E-state index in [1.807, 2.05) is 18.2 Å². The molecule has 1 aromatic heterocycles. The van der Waals surface area contributed by atoms with Gasteiger partial charge in [0.1, 0.15) is 12.2 Å². The Morgan fingerprint density at radius 2 is 1.77 bits per heavy atom. The number of amides is 2. The fourth-order valence-corrected chi connectivity index (χ4v) is 3.45. The van der Waals surface area contributed by atoms with Crippen LogP contribution in [-0.4, -0.2) is 50.8 Å². The molecule has 168 valence electrons. The van der Waals surface area contributed by atoms with Gasteiger partial charge in [0, 0.05) is 7.05 Å². The molecule has 0 saturated heterocycles. The fraction of sp³-hybridized carbons (Fsp3) is 0.429. The highest BCUT2D eigenvalue weighted by molar-refractivity contribution is 8.01. The number of carbonyl (C=O) groups excluding carboxylic acids is 3. The van der Waals surface area contributed by atoms with Crippen LogP contribution in [0.4, 0.5) is 5.69 Å². The van der Waals surface area contributed by atoms with Gasteiger partial charge in [-0.05, 0) is 39.8 Å². The van der Waals surface area contributed by atoms with Crippen LogP contribution >= 0.6 is 11.8 Å². The average molecular weight is 449 g/mol. The normalized spacial score (nSPS) is 11.8. The van der Waals surface area contributed by atoms with E-state index in [-0.39, 0.29) is 41.5 Å². The lowest BCUT2D eigenvalue weighted by Gasteiger charge is -2.12. The van der Waals surface area contributed by atoms with Gasteiger partial charge < -0.3 is 15.4 Å². The topological polar surface area (TPSA) is 111 Å². The van der Waals surface area contributed by atoms with E-state index in [0.717, 1.165) is 11.8 Å². The maximum atomic E-state index is 12.9. The number of hydrogen-bond acceptors (Lipinski definition) is 6. The number of nitrogens with one attached hydrogen (secondary N) is 2. The molecule has 0 aliphatic rings. The van der Waals surface area contributed by atoms with Gasteiger partial charge in [0.25, 0.3) is 5.56 Å². The van der Waals surface area contributed by atoms with E-state index in [9.17, 15) is 19.2 Å². The number of esters is 1. The maximum absolute atomic E-state index is 12.9. The Morgan fingerprint density at radius 1 is 1.13 bits per heavy atom. The number of rotatable bonds is 9. The minimum atomic E-state index is -0.586. The van der Waals surface area contributed by atoms with Crippen molar-refractivity contribution < 1.29 is 19.1 Å². The Bertz CT molecular complexity index is 997. The van der Waals surface area contributed by atoms with Gasteiger partial charge >= 0.3 is 5.97 Å². The molecule has 0 spiro atoms. The zero-order chi connectivity index (χ0) is 23.1. The third-order valence-corrected chi connectivity index (χ3v) is 5.58. The molecule has 1 aromatic carbocycles. The van der Waals surface area contributed by atoms with Crippen LogP contribution in [0, 0.1) is 6.92 Å². The summed E-state index contributed by atoms with van der Waals surface area (Å²) >= 11 is 1.10. The summed E-state index contributed by atoms with van der Waals surface area (Å²) in [4.78, 5) is 48.8. The van der Waals surface area contributed by atoms with Crippen LogP contribution in [0.1, 0.15) is 26.5 Å². The number of carbonyl (C=O) groups is 3. The summed E-state index contributed by atoms with van der Waals surface area (Å²) in [5.41, 5.74) is 1.16. The molecule has 2 amide bonds. The van der Waals surface area contributed by atoms with Crippen molar-refractivity contribution in [2.45, 2.75) is 39.0 Å². The minimum Gasteiger partial charge on any atom is -0.462 e. The van der Waals surface area contributed by atoms with E-state index < -0.39 is 11.2 Å². The Labute approximate surface area is 185 Å². The molecule has 2 N–H and O–H groups in total. The van der Waals surface area contributed by atoms with Crippen LogP contribution in [0.3, 0.4) is 0 Å². The minimum absolute atomic E-state index is 0.00837. The van der Waals surface area contributed by atoms with Crippen molar-refractivity contribution in [2.75, 3.05) is 17.6 Å². The molecule has 0 radical (unpaired) electrons. The number of nitrogens with zero attached hydrogens (tertiary/aromatic N) is 2. The Hall–Kier alpha value is -3.01. The van der Waals surface area contributed by atoms with Gasteiger partial charge in [-0.3, -0.25) is 23.9 Å². The first-order valence-corrected chi connectivity index (χ1v) is 10.9.